The van der Waals surface area contributed by atoms with Gasteiger partial charge >= 0.3 is 0 Å². The standard InChI is InChI=1S/C28H36N2O2/c1-26(2,3)22-17-20-11-12-28(27(4,5)23-9-7-8-10-24(23)29(28)6)32-25(20)21(18-22)19-30-13-15-31-16-14-30/h7-12,17-18H,13-16,19H2,1-6H3/t28-/m1/s1. The van der Waals surface area contributed by atoms with E-state index >= 15 is 0 Å². The summed E-state index contributed by atoms with van der Waals surface area (Å²) in [6, 6.07) is 13.4. The number of para-hydroxylation sites is 1. The Morgan fingerprint density at radius 1 is 1.03 bits per heavy atom. The van der Waals surface area contributed by atoms with Crippen LogP contribution in [-0.2, 0) is 22.1 Å². The van der Waals surface area contributed by atoms with Crippen molar-refractivity contribution in [1.29, 1.82) is 0 Å². The van der Waals surface area contributed by atoms with Crippen LogP contribution in [0, 0.1) is 0 Å². The minimum Gasteiger partial charge on any atom is -0.462 e. The first-order chi connectivity index (χ1) is 15.1. The van der Waals surface area contributed by atoms with Crippen LogP contribution >= 0.6 is 0 Å². The van der Waals surface area contributed by atoms with Crippen molar-refractivity contribution in [2.24, 2.45) is 0 Å². The van der Waals surface area contributed by atoms with Crippen LogP contribution in [0.2, 0.25) is 0 Å². The summed E-state index contributed by atoms with van der Waals surface area (Å²) in [4.78, 5) is 4.80. The predicted molar refractivity (Wildman–Crippen MR) is 132 cm³/mol. The molecule has 4 nitrogen and oxygen atoms in total. The second-order valence-corrected chi connectivity index (χ2v) is 11.0. The number of rotatable bonds is 2. The van der Waals surface area contributed by atoms with Crippen molar-refractivity contribution in [2.75, 3.05) is 38.3 Å². The minimum atomic E-state index is -0.549. The lowest BCUT2D eigenvalue weighted by Crippen LogP contribution is -2.58. The zero-order chi connectivity index (χ0) is 22.7. The molecule has 2 aromatic rings. The van der Waals surface area contributed by atoms with Crippen LogP contribution in [0.1, 0.15) is 56.9 Å². The topological polar surface area (TPSA) is 24.9 Å². The molecular formula is C28H36N2O2. The second-order valence-electron chi connectivity index (χ2n) is 11.0. The molecule has 3 aliphatic rings. The highest BCUT2D eigenvalue weighted by Gasteiger charge is 2.57. The summed E-state index contributed by atoms with van der Waals surface area (Å²) in [5.74, 6) is 1.03. The number of ether oxygens (including phenoxy) is 2. The SMILES string of the molecule is CN1c2ccccc2C(C)(C)[C@]12C=Cc1cc(C(C)(C)C)cc(CN3CCOCC3)c1O2. The van der Waals surface area contributed by atoms with E-state index in [0.29, 0.717) is 0 Å². The van der Waals surface area contributed by atoms with Gasteiger partial charge in [0, 0.05) is 43.5 Å². The zero-order valence-corrected chi connectivity index (χ0v) is 20.4. The van der Waals surface area contributed by atoms with Crippen LogP contribution in [0.15, 0.2) is 42.5 Å². The molecule has 0 amide bonds. The Bertz CT molecular complexity index is 1060. The van der Waals surface area contributed by atoms with E-state index in [1.165, 1.54) is 27.9 Å². The summed E-state index contributed by atoms with van der Waals surface area (Å²) in [7, 11) is 2.16. The molecule has 0 unspecified atom stereocenters. The minimum absolute atomic E-state index is 0.0808. The van der Waals surface area contributed by atoms with Crippen molar-refractivity contribution in [2.45, 2.75) is 57.7 Å². The third-order valence-corrected chi connectivity index (χ3v) is 7.64. The van der Waals surface area contributed by atoms with E-state index in [9.17, 15) is 0 Å². The fraction of sp³-hybridized carbons (Fsp3) is 0.500. The van der Waals surface area contributed by atoms with Crippen LogP contribution in [0.4, 0.5) is 5.69 Å². The average Bonchev–Trinajstić information content (AvgIpc) is 2.93. The Kier molecular flexibility index (Phi) is 4.95. The van der Waals surface area contributed by atoms with Crippen molar-refractivity contribution in [3.63, 3.8) is 0 Å². The van der Waals surface area contributed by atoms with E-state index < -0.39 is 5.72 Å². The number of morpholine rings is 1. The monoisotopic (exact) mass is 432 g/mol. The first-order valence-corrected chi connectivity index (χ1v) is 11.8. The number of nitrogens with zero attached hydrogens (tertiary/aromatic N) is 2. The largest absolute Gasteiger partial charge is 0.462 e. The van der Waals surface area contributed by atoms with Crippen molar-refractivity contribution in [3.8, 4) is 5.75 Å². The lowest BCUT2D eigenvalue weighted by molar-refractivity contribution is 0.0309. The summed E-state index contributed by atoms with van der Waals surface area (Å²) in [6.45, 7) is 15.9. The van der Waals surface area contributed by atoms with E-state index in [4.69, 9.17) is 9.47 Å². The molecule has 2 aromatic carbocycles. The van der Waals surface area contributed by atoms with Gasteiger partial charge in [0.2, 0.25) is 5.72 Å². The lowest BCUT2D eigenvalue weighted by atomic mass is 9.76. The van der Waals surface area contributed by atoms with Gasteiger partial charge in [-0.1, -0.05) is 45.0 Å². The highest BCUT2D eigenvalue weighted by molar-refractivity contribution is 5.73. The Morgan fingerprint density at radius 2 is 1.75 bits per heavy atom. The smallest absolute Gasteiger partial charge is 0.211 e. The summed E-state index contributed by atoms with van der Waals surface area (Å²) < 4.78 is 12.7. The molecule has 32 heavy (non-hydrogen) atoms. The van der Waals surface area contributed by atoms with Crippen molar-refractivity contribution in [3.05, 3.63) is 64.7 Å². The predicted octanol–water partition coefficient (Wildman–Crippen LogP) is 5.35. The van der Waals surface area contributed by atoms with E-state index in [-0.39, 0.29) is 10.8 Å². The van der Waals surface area contributed by atoms with Gasteiger partial charge in [0.05, 0.1) is 18.6 Å². The number of hydrogen-bond donors (Lipinski definition) is 0. The number of likely N-dealkylation sites (N-methyl/N-ethyl adjacent to an activating group) is 1. The van der Waals surface area contributed by atoms with Gasteiger partial charge in [-0.05, 0) is 54.7 Å². The Morgan fingerprint density at radius 3 is 2.44 bits per heavy atom. The van der Waals surface area contributed by atoms with Crippen LogP contribution in [0.3, 0.4) is 0 Å². The average molecular weight is 433 g/mol. The zero-order valence-electron chi connectivity index (χ0n) is 20.4. The molecule has 170 valence electrons. The highest BCUT2D eigenvalue weighted by atomic mass is 16.5. The third-order valence-electron chi connectivity index (χ3n) is 7.64. The van der Waals surface area contributed by atoms with Gasteiger partial charge in [-0.3, -0.25) is 4.90 Å². The Balaban J connectivity index is 1.61. The first-order valence-electron chi connectivity index (χ1n) is 11.8. The summed E-state index contributed by atoms with van der Waals surface area (Å²) >= 11 is 0. The lowest BCUT2D eigenvalue weighted by Gasteiger charge is -2.46. The molecule has 3 heterocycles. The fourth-order valence-electron chi connectivity index (χ4n) is 5.51. The number of benzene rings is 2. The van der Waals surface area contributed by atoms with Gasteiger partial charge in [0.15, 0.2) is 0 Å². The maximum atomic E-state index is 7.11. The first kappa shape index (κ1) is 21.5. The molecular weight excluding hydrogens is 396 g/mol. The molecule has 0 aromatic heterocycles. The maximum absolute atomic E-state index is 7.11. The van der Waals surface area contributed by atoms with Crippen LogP contribution in [0.5, 0.6) is 5.75 Å². The number of fused-ring (bicyclic) bond motifs is 2. The maximum Gasteiger partial charge on any atom is 0.211 e. The molecule has 1 fully saturated rings. The van der Waals surface area contributed by atoms with Gasteiger partial charge in [-0.2, -0.15) is 0 Å². The molecule has 0 radical (unpaired) electrons. The van der Waals surface area contributed by atoms with E-state index in [1.54, 1.807) is 0 Å². The molecule has 0 aliphatic carbocycles. The highest BCUT2D eigenvalue weighted by Crippen LogP contribution is 2.54. The molecule has 0 saturated carbocycles. The van der Waals surface area contributed by atoms with Crippen LogP contribution in [0.25, 0.3) is 6.08 Å². The normalized spacial score (nSPS) is 24.4. The molecule has 0 bridgehead atoms. The fourth-order valence-corrected chi connectivity index (χ4v) is 5.51. The molecule has 1 saturated heterocycles. The van der Waals surface area contributed by atoms with Crippen molar-refractivity contribution in [1.82, 2.24) is 4.90 Å². The Hall–Kier alpha value is -2.30. The van der Waals surface area contributed by atoms with Gasteiger partial charge in [0.1, 0.15) is 5.75 Å². The van der Waals surface area contributed by atoms with Gasteiger partial charge in [-0.15, -0.1) is 0 Å². The van der Waals surface area contributed by atoms with Crippen molar-refractivity contribution < 1.29 is 9.47 Å². The molecule has 0 N–H and O–H groups in total. The van der Waals surface area contributed by atoms with E-state index in [0.717, 1.165) is 38.6 Å². The second kappa shape index (κ2) is 7.36. The number of anilines is 1. The molecule has 1 atom stereocenters. The number of hydrogen-bond acceptors (Lipinski definition) is 4. The summed E-state index contributed by atoms with van der Waals surface area (Å²) in [5.41, 5.74) is 5.73. The third kappa shape index (κ3) is 3.19. The van der Waals surface area contributed by atoms with Gasteiger partial charge in [-0.25, -0.2) is 0 Å². The van der Waals surface area contributed by atoms with E-state index in [2.05, 4.69) is 100 Å². The van der Waals surface area contributed by atoms with Crippen LogP contribution < -0.4 is 9.64 Å². The van der Waals surface area contributed by atoms with Gasteiger partial charge in [0.25, 0.3) is 0 Å². The molecule has 4 heteroatoms. The van der Waals surface area contributed by atoms with Crippen molar-refractivity contribution >= 4 is 11.8 Å². The molecule has 1 spiro atoms. The van der Waals surface area contributed by atoms with Crippen LogP contribution in [-0.4, -0.2) is 44.0 Å². The molecule has 5 rings (SSSR count). The molecule has 3 aliphatic heterocycles. The Labute approximate surface area is 192 Å². The summed E-state index contributed by atoms with van der Waals surface area (Å²) in [5, 5.41) is 0. The van der Waals surface area contributed by atoms with E-state index in [1.807, 2.05) is 0 Å². The quantitative estimate of drug-likeness (QED) is 0.639. The summed E-state index contributed by atoms with van der Waals surface area (Å²) in [6.07, 6.45) is 4.57. The van der Waals surface area contributed by atoms with Gasteiger partial charge < -0.3 is 14.4 Å².